The highest BCUT2D eigenvalue weighted by molar-refractivity contribution is 5.78. The summed E-state index contributed by atoms with van der Waals surface area (Å²) in [5.41, 5.74) is 1.18. The van der Waals surface area contributed by atoms with E-state index in [1.54, 1.807) is 4.90 Å². The summed E-state index contributed by atoms with van der Waals surface area (Å²) in [5.74, 6) is -1.07. The van der Waals surface area contributed by atoms with Gasteiger partial charge in [-0.25, -0.2) is 4.79 Å². The topological polar surface area (TPSA) is 78.9 Å². The van der Waals surface area contributed by atoms with Gasteiger partial charge in [0.2, 0.25) is 5.91 Å². The largest absolute Gasteiger partial charge is 0.479 e. The van der Waals surface area contributed by atoms with E-state index in [9.17, 15) is 9.59 Å². The maximum atomic E-state index is 11.8. The van der Waals surface area contributed by atoms with Crippen LogP contribution < -0.4 is 5.32 Å². The summed E-state index contributed by atoms with van der Waals surface area (Å²) in [5, 5.41) is 11.8. The molecule has 1 aromatic rings. The number of hydrogen-bond donors (Lipinski definition) is 2. The van der Waals surface area contributed by atoms with Gasteiger partial charge in [-0.05, 0) is 12.0 Å². The number of benzene rings is 1. The first-order valence-corrected chi connectivity index (χ1v) is 7.02. The van der Waals surface area contributed by atoms with E-state index in [0.717, 1.165) is 6.42 Å². The number of ether oxygens (including phenoxy) is 1. The monoisotopic (exact) mass is 292 g/mol. The van der Waals surface area contributed by atoms with E-state index in [1.165, 1.54) is 5.56 Å². The molecule has 0 bridgehead atoms. The van der Waals surface area contributed by atoms with Gasteiger partial charge in [0.1, 0.15) is 0 Å². The van der Waals surface area contributed by atoms with Crippen LogP contribution in [-0.4, -0.2) is 60.8 Å². The quantitative estimate of drug-likeness (QED) is 0.779. The standard InChI is InChI=1S/C15H20N2O4/c18-14(16-7-6-12-4-2-1-3-5-12)11-17-8-9-21-13(10-17)15(19)20/h1-5,13H,6-11H2,(H,16,18)(H,19,20). The number of nitrogens with one attached hydrogen (secondary N) is 1. The fourth-order valence-corrected chi connectivity index (χ4v) is 2.25. The Kier molecular flexibility index (Phi) is 5.71. The molecule has 21 heavy (non-hydrogen) atoms. The number of aliphatic carboxylic acids is 1. The SMILES string of the molecule is O=C(CN1CCOC(C(=O)O)C1)NCCc1ccccc1. The van der Waals surface area contributed by atoms with Gasteiger partial charge in [0.05, 0.1) is 13.2 Å². The number of nitrogens with zero attached hydrogens (tertiary/aromatic N) is 1. The van der Waals surface area contributed by atoms with Gasteiger partial charge in [0.15, 0.2) is 6.10 Å². The minimum Gasteiger partial charge on any atom is -0.479 e. The molecular formula is C15H20N2O4. The number of morpholine rings is 1. The highest BCUT2D eigenvalue weighted by Gasteiger charge is 2.26. The molecule has 6 nitrogen and oxygen atoms in total. The Morgan fingerprint density at radius 1 is 1.33 bits per heavy atom. The van der Waals surface area contributed by atoms with Gasteiger partial charge < -0.3 is 15.2 Å². The van der Waals surface area contributed by atoms with Crippen LogP contribution in [0.1, 0.15) is 5.56 Å². The molecule has 1 atom stereocenters. The van der Waals surface area contributed by atoms with Crippen LogP contribution in [0, 0.1) is 0 Å². The molecule has 1 unspecified atom stereocenters. The Hall–Kier alpha value is -1.92. The van der Waals surface area contributed by atoms with E-state index in [0.29, 0.717) is 19.7 Å². The lowest BCUT2D eigenvalue weighted by atomic mass is 10.1. The second-order valence-electron chi connectivity index (χ2n) is 5.02. The van der Waals surface area contributed by atoms with Gasteiger partial charge in [-0.15, -0.1) is 0 Å². The lowest BCUT2D eigenvalue weighted by molar-refractivity contribution is -0.156. The van der Waals surface area contributed by atoms with Crippen LogP contribution in [0.5, 0.6) is 0 Å². The molecule has 1 aromatic carbocycles. The molecule has 0 radical (unpaired) electrons. The minimum absolute atomic E-state index is 0.0861. The minimum atomic E-state index is -0.982. The third-order valence-electron chi connectivity index (χ3n) is 3.37. The molecule has 0 saturated carbocycles. The van der Waals surface area contributed by atoms with Crippen molar-refractivity contribution >= 4 is 11.9 Å². The molecule has 114 valence electrons. The zero-order chi connectivity index (χ0) is 15.1. The Labute approximate surface area is 123 Å². The lowest BCUT2D eigenvalue weighted by Crippen LogP contribution is -2.49. The van der Waals surface area contributed by atoms with Crippen molar-refractivity contribution in [2.45, 2.75) is 12.5 Å². The van der Waals surface area contributed by atoms with E-state index in [1.807, 2.05) is 30.3 Å². The number of carbonyl (C=O) groups is 2. The summed E-state index contributed by atoms with van der Waals surface area (Å²) in [4.78, 5) is 24.5. The van der Waals surface area contributed by atoms with Gasteiger partial charge in [-0.2, -0.15) is 0 Å². The maximum absolute atomic E-state index is 11.8. The van der Waals surface area contributed by atoms with Crippen molar-refractivity contribution in [2.24, 2.45) is 0 Å². The number of hydrogen-bond acceptors (Lipinski definition) is 4. The zero-order valence-corrected chi connectivity index (χ0v) is 11.8. The van der Waals surface area contributed by atoms with Crippen LogP contribution in [0.3, 0.4) is 0 Å². The smallest absolute Gasteiger partial charge is 0.334 e. The molecule has 2 rings (SSSR count). The van der Waals surface area contributed by atoms with Gasteiger partial charge in [-0.3, -0.25) is 9.69 Å². The predicted molar refractivity (Wildman–Crippen MR) is 77.0 cm³/mol. The molecular weight excluding hydrogens is 272 g/mol. The van der Waals surface area contributed by atoms with Crippen molar-refractivity contribution in [1.82, 2.24) is 10.2 Å². The summed E-state index contributed by atoms with van der Waals surface area (Å²) in [6.07, 6.45) is -0.0520. The summed E-state index contributed by atoms with van der Waals surface area (Å²) < 4.78 is 5.12. The van der Waals surface area contributed by atoms with Gasteiger partial charge in [-0.1, -0.05) is 30.3 Å². The van der Waals surface area contributed by atoms with Crippen LogP contribution in [0.15, 0.2) is 30.3 Å². The first-order valence-electron chi connectivity index (χ1n) is 7.02. The average Bonchev–Trinajstić information content (AvgIpc) is 2.48. The fraction of sp³-hybridized carbons (Fsp3) is 0.467. The fourth-order valence-electron chi connectivity index (χ4n) is 2.25. The second-order valence-corrected chi connectivity index (χ2v) is 5.02. The van der Waals surface area contributed by atoms with Crippen molar-refractivity contribution in [3.05, 3.63) is 35.9 Å². The molecule has 1 aliphatic heterocycles. The van der Waals surface area contributed by atoms with Gasteiger partial charge in [0, 0.05) is 19.6 Å². The van der Waals surface area contributed by atoms with E-state index in [2.05, 4.69) is 5.32 Å². The van der Waals surface area contributed by atoms with E-state index >= 15 is 0 Å². The first kappa shape index (κ1) is 15.5. The van der Waals surface area contributed by atoms with Crippen LogP contribution in [-0.2, 0) is 20.7 Å². The molecule has 0 aromatic heterocycles. The summed E-state index contributed by atoms with van der Waals surface area (Å²) in [6.45, 7) is 1.96. The van der Waals surface area contributed by atoms with Crippen molar-refractivity contribution in [2.75, 3.05) is 32.8 Å². The van der Waals surface area contributed by atoms with Crippen LogP contribution in [0.2, 0.25) is 0 Å². The van der Waals surface area contributed by atoms with Crippen molar-refractivity contribution in [3.63, 3.8) is 0 Å². The van der Waals surface area contributed by atoms with Crippen molar-refractivity contribution < 1.29 is 19.4 Å². The molecule has 1 saturated heterocycles. The van der Waals surface area contributed by atoms with Crippen LogP contribution in [0.4, 0.5) is 0 Å². The zero-order valence-electron chi connectivity index (χ0n) is 11.8. The first-order chi connectivity index (χ1) is 10.1. The number of rotatable bonds is 6. The number of amides is 1. The summed E-state index contributed by atoms with van der Waals surface area (Å²) in [7, 11) is 0. The molecule has 0 aliphatic carbocycles. The maximum Gasteiger partial charge on any atom is 0.334 e. The molecule has 6 heteroatoms. The molecule has 1 aliphatic rings. The third kappa shape index (κ3) is 5.17. The second kappa shape index (κ2) is 7.75. The Morgan fingerprint density at radius 2 is 2.10 bits per heavy atom. The molecule has 1 fully saturated rings. The third-order valence-corrected chi connectivity index (χ3v) is 3.37. The van der Waals surface area contributed by atoms with Crippen LogP contribution in [0.25, 0.3) is 0 Å². The number of carbonyl (C=O) groups excluding carboxylic acids is 1. The van der Waals surface area contributed by atoms with E-state index < -0.39 is 12.1 Å². The summed E-state index contributed by atoms with van der Waals surface area (Å²) >= 11 is 0. The van der Waals surface area contributed by atoms with Crippen molar-refractivity contribution in [3.8, 4) is 0 Å². The van der Waals surface area contributed by atoms with E-state index in [4.69, 9.17) is 9.84 Å². The Morgan fingerprint density at radius 3 is 2.81 bits per heavy atom. The van der Waals surface area contributed by atoms with Crippen molar-refractivity contribution in [1.29, 1.82) is 0 Å². The van der Waals surface area contributed by atoms with E-state index in [-0.39, 0.29) is 19.0 Å². The summed E-state index contributed by atoms with van der Waals surface area (Å²) in [6, 6.07) is 9.93. The molecule has 2 N–H and O–H groups in total. The average molecular weight is 292 g/mol. The molecule has 1 heterocycles. The number of carboxylic acid groups (broad SMARTS) is 1. The highest BCUT2D eigenvalue weighted by atomic mass is 16.5. The van der Waals surface area contributed by atoms with Gasteiger partial charge in [0.25, 0.3) is 0 Å². The number of carboxylic acids is 1. The van der Waals surface area contributed by atoms with Gasteiger partial charge >= 0.3 is 5.97 Å². The Balaban J connectivity index is 1.68. The lowest BCUT2D eigenvalue weighted by Gasteiger charge is -2.30. The predicted octanol–water partition coefficient (Wildman–Crippen LogP) is 0.131. The Bertz CT molecular complexity index is 478. The highest BCUT2D eigenvalue weighted by Crippen LogP contribution is 2.05. The normalized spacial score (nSPS) is 19.1. The van der Waals surface area contributed by atoms with Crippen LogP contribution >= 0.6 is 0 Å². The molecule has 0 spiro atoms. The molecule has 1 amide bonds.